The number of fused-ring (bicyclic) bond motifs is 1. The number of allylic oxidation sites excluding steroid dienone is 1. The molecule has 0 atom stereocenters. The van der Waals surface area contributed by atoms with Crippen LogP contribution in [0.15, 0.2) is 30.5 Å². The lowest BCUT2D eigenvalue weighted by Crippen LogP contribution is -1.98. The van der Waals surface area contributed by atoms with Crippen LogP contribution in [0.4, 0.5) is 0 Å². The highest BCUT2D eigenvalue weighted by Gasteiger charge is 2.12. The van der Waals surface area contributed by atoms with Gasteiger partial charge in [-0.1, -0.05) is 6.58 Å². The maximum Gasteiger partial charge on any atom is 0.161 e. The van der Waals surface area contributed by atoms with Crippen LogP contribution in [-0.2, 0) is 0 Å². The van der Waals surface area contributed by atoms with E-state index in [1.54, 1.807) is 12.1 Å². The maximum absolute atomic E-state index is 9.49. The smallest absolute Gasteiger partial charge is 0.161 e. The highest BCUT2D eigenvalue weighted by atomic mass is 16.5. The lowest BCUT2D eigenvalue weighted by atomic mass is 10.1. The zero-order valence-corrected chi connectivity index (χ0v) is 7.78. The summed E-state index contributed by atoms with van der Waals surface area (Å²) in [5, 5.41) is 9.49. The van der Waals surface area contributed by atoms with Gasteiger partial charge in [0.25, 0.3) is 0 Å². The molecule has 2 rings (SSSR count). The van der Waals surface area contributed by atoms with Crippen LogP contribution >= 0.6 is 0 Å². The molecular weight excluding hydrogens is 180 g/mol. The Morgan fingerprint density at radius 3 is 2.86 bits per heavy atom. The summed E-state index contributed by atoms with van der Waals surface area (Å²) in [6.45, 7) is 3.66. The molecule has 1 N–H and O–H groups in total. The molecule has 0 amide bonds. The maximum atomic E-state index is 9.49. The standard InChI is InChI=1S/C11H10O3/c1-7-3-4-8-5-11(13-2)9(12)6-10(8)14-7/h3-6,12H,1H2,2H3. The normalized spacial score (nSPS) is 13.4. The number of ether oxygens (including phenoxy) is 2. The fourth-order valence-electron chi connectivity index (χ4n) is 1.31. The fourth-order valence-corrected chi connectivity index (χ4v) is 1.31. The number of phenols is 1. The Hall–Kier alpha value is -1.90. The number of benzene rings is 1. The molecule has 1 heterocycles. The van der Waals surface area contributed by atoms with Crippen LogP contribution in [0.2, 0.25) is 0 Å². The van der Waals surface area contributed by atoms with Crippen LogP contribution in [0.1, 0.15) is 5.56 Å². The molecule has 3 nitrogen and oxygen atoms in total. The molecule has 14 heavy (non-hydrogen) atoms. The van der Waals surface area contributed by atoms with Crippen LogP contribution in [0, 0.1) is 0 Å². The van der Waals surface area contributed by atoms with Gasteiger partial charge >= 0.3 is 0 Å². The number of phenolic OH excluding ortho intramolecular Hbond substituents is 1. The first-order valence-electron chi connectivity index (χ1n) is 4.16. The molecule has 0 saturated carbocycles. The van der Waals surface area contributed by atoms with E-state index in [4.69, 9.17) is 9.47 Å². The highest BCUT2D eigenvalue weighted by Crippen LogP contribution is 2.37. The van der Waals surface area contributed by atoms with E-state index >= 15 is 0 Å². The van der Waals surface area contributed by atoms with Crippen molar-refractivity contribution in [2.24, 2.45) is 0 Å². The summed E-state index contributed by atoms with van der Waals surface area (Å²) in [5.41, 5.74) is 0.868. The van der Waals surface area contributed by atoms with Gasteiger partial charge in [-0.2, -0.15) is 0 Å². The van der Waals surface area contributed by atoms with Crippen LogP contribution < -0.4 is 9.47 Å². The summed E-state index contributed by atoms with van der Waals surface area (Å²) < 4.78 is 10.3. The largest absolute Gasteiger partial charge is 0.504 e. The van der Waals surface area contributed by atoms with Crippen molar-refractivity contribution in [1.29, 1.82) is 0 Å². The summed E-state index contributed by atoms with van der Waals surface area (Å²) in [4.78, 5) is 0. The average molecular weight is 190 g/mol. The molecule has 1 aromatic carbocycles. The molecule has 3 heteroatoms. The van der Waals surface area contributed by atoms with Gasteiger partial charge in [0.15, 0.2) is 11.5 Å². The van der Waals surface area contributed by atoms with Gasteiger partial charge in [0.2, 0.25) is 0 Å². The quantitative estimate of drug-likeness (QED) is 0.738. The molecule has 0 aliphatic carbocycles. The van der Waals surface area contributed by atoms with Gasteiger partial charge in [-0.25, -0.2) is 0 Å². The molecular formula is C11H10O3. The lowest BCUT2D eigenvalue weighted by Gasteiger charge is -2.15. The first-order valence-corrected chi connectivity index (χ1v) is 4.16. The summed E-state index contributed by atoms with van der Waals surface area (Å²) in [5.74, 6) is 1.65. The number of aromatic hydroxyl groups is 1. The van der Waals surface area contributed by atoms with E-state index < -0.39 is 0 Å². The third-order valence-corrected chi connectivity index (χ3v) is 2.00. The zero-order valence-electron chi connectivity index (χ0n) is 7.78. The van der Waals surface area contributed by atoms with Crippen molar-refractivity contribution in [1.82, 2.24) is 0 Å². The third kappa shape index (κ3) is 1.33. The van der Waals surface area contributed by atoms with Gasteiger partial charge < -0.3 is 14.6 Å². The molecule has 0 saturated heterocycles. The Morgan fingerprint density at radius 1 is 1.36 bits per heavy atom. The minimum absolute atomic E-state index is 0.0642. The summed E-state index contributed by atoms with van der Waals surface area (Å²) in [6.07, 6.45) is 3.63. The van der Waals surface area contributed by atoms with Gasteiger partial charge in [0.05, 0.1) is 7.11 Å². The zero-order chi connectivity index (χ0) is 10.1. The van der Waals surface area contributed by atoms with Crippen molar-refractivity contribution in [2.75, 3.05) is 7.11 Å². The van der Waals surface area contributed by atoms with E-state index in [1.807, 2.05) is 6.08 Å². The molecule has 0 radical (unpaired) electrons. The summed E-state index contributed by atoms with van der Waals surface area (Å²) in [6, 6.07) is 3.23. The summed E-state index contributed by atoms with van der Waals surface area (Å²) >= 11 is 0. The minimum atomic E-state index is 0.0642. The second-order valence-electron chi connectivity index (χ2n) is 2.96. The van der Waals surface area contributed by atoms with E-state index in [-0.39, 0.29) is 5.75 Å². The van der Waals surface area contributed by atoms with Gasteiger partial charge in [0.1, 0.15) is 11.5 Å². The van der Waals surface area contributed by atoms with Crippen LogP contribution in [0.5, 0.6) is 17.2 Å². The molecule has 1 aromatic rings. The lowest BCUT2D eigenvalue weighted by molar-refractivity contribution is 0.368. The molecule has 0 spiro atoms. The molecule has 0 unspecified atom stereocenters. The van der Waals surface area contributed by atoms with Crippen molar-refractivity contribution in [3.05, 3.63) is 36.1 Å². The second-order valence-corrected chi connectivity index (χ2v) is 2.96. The Bertz CT molecular complexity index is 419. The first-order chi connectivity index (χ1) is 6.70. The number of hydrogen-bond donors (Lipinski definition) is 1. The van der Waals surface area contributed by atoms with Crippen LogP contribution in [0.3, 0.4) is 0 Å². The monoisotopic (exact) mass is 190 g/mol. The Balaban J connectivity index is 2.53. The number of hydrogen-bond acceptors (Lipinski definition) is 3. The van der Waals surface area contributed by atoms with Crippen molar-refractivity contribution in [2.45, 2.75) is 0 Å². The Kier molecular flexibility index (Phi) is 1.93. The summed E-state index contributed by atoms with van der Waals surface area (Å²) in [7, 11) is 1.51. The number of methoxy groups -OCH3 is 1. The van der Waals surface area contributed by atoms with Crippen molar-refractivity contribution >= 4 is 6.08 Å². The molecule has 1 aliphatic heterocycles. The predicted octanol–water partition coefficient (Wildman–Crippen LogP) is 2.32. The van der Waals surface area contributed by atoms with Crippen molar-refractivity contribution < 1.29 is 14.6 Å². The van der Waals surface area contributed by atoms with Crippen molar-refractivity contribution in [3.63, 3.8) is 0 Å². The minimum Gasteiger partial charge on any atom is -0.504 e. The van der Waals surface area contributed by atoms with Gasteiger partial charge in [0, 0.05) is 11.6 Å². The van der Waals surface area contributed by atoms with Gasteiger partial charge in [-0.3, -0.25) is 0 Å². The average Bonchev–Trinajstić information content (AvgIpc) is 2.16. The first kappa shape index (κ1) is 8.69. The van der Waals surface area contributed by atoms with E-state index in [0.29, 0.717) is 17.3 Å². The van der Waals surface area contributed by atoms with Crippen LogP contribution in [-0.4, -0.2) is 12.2 Å². The van der Waals surface area contributed by atoms with E-state index in [2.05, 4.69) is 6.58 Å². The molecule has 1 aliphatic rings. The van der Waals surface area contributed by atoms with E-state index in [1.165, 1.54) is 13.2 Å². The Morgan fingerprint density at radius 2 is 2.14 bits per heavy atom. The molecule has 0 bridgehead atoms. The topological polar surface area (TPSA) is 38.7 Å². The predicted molar refractivity (Wildman–Crippen MR) is 53.5 cm³/mol. The van der Waals surface area contributed by atoms with E-state index in [9.17, 15) is 5.11 Å². The third-order valence-electron chi connectivity index (χ3n) is 2.00. The van der Waals surface area contributed by atoms with Gasteiger partial charge in [-0.05, 0) is 18.2 Å². The van der Waals surface area contributed by atoms with Crippen LogP contribution in [0.25, 0.3) is 6.08 Å². The highest BCUT2D eigenvalue weighted by molar-refractivity contribution is 5.66. The SMILES string of the molecule is C=C1C=Cc2cc(OC)c(O)cc2O1. The molecule has 0 fully saturated rings. The second kappa shape index (κ2) is 3.10. The Labute approximate surface area is 81.9 Å². The molecule has 0 aromatic heterocycles. The molecule has 72 valence electrons. The van der Waals surface area contributed by atoms with Gasteiger partial charge in [-0.15, -0.1) is 0 Å². The fraction of sp³-hybridized carbons (Fsp3) is 0.0909. The van der Waals surface area contributed by atoms with E-state index in [0.717, 1.165) is 5.56 Å². The van der Waals surface area contributed by atoms with Crippen molar-refractivity contribution in [3.8, 4) is 17.2 Å². The number of rotatable bonds is 1.